The Morgan fingerprint density at radius 1 is 1.03 bits per heavy atom. The van der Waals surface area contributed by atoms with E-state index in [0.29, 0.717) is 0 Å². The van der Waals surface area contributed by atoms with Crippen molar-refractivity contribution in [3.63, 3.8) is 0 Å². The molecule has 3 aliphatic heterocycles. The summed E-state index contributed by atoms with van der Waals surface area (Å²) in [7, 11) is 0.591. The van der Waals surface area contributed by atoms with Gasteiger partial charge in [-0.3, -0.25) is 0 Å². The maximum atomic E-state index is 12.9. The summed E-state index contributed by atoms with van der Waals surface area (Å²) in [6.45, 7) is 11.8. The Bertz CT molecular complexity index is 1260. The van der Waals surface area contributed by atoms with E-state index in [9.17, 15) is 9.79 Å². The van der Waals surface area contributed by atoms with Gasteiger partial charge in [0.25, 0.3) is 0 Å². The molecule has 2 N–H and O–H groups in total. The van der Waals surface area contributed by atoms with Crippen LogP contribution in [-0.2, 0) is 7.05 Å². The predicted molar refractivity (Wildman–Crippen MR) is 146 cm³/mol. The van der Waals surface area contributed by atoms with Crippen LogP contribution in [0.4, 0.5) is 0 Å². The molecule has 3 aliphatic rings. The second kappa shape index (κ2) is 8.62. The number of nitrogens with zero attached hydrogens (tertiary/aromatic N) is 4. The molecule has 8 heteroatoms. The number of rotatable bonds is 5. The third-order valence-electron chi connectivity index (χ3n) is 7.17. The SMILES string of the molecule is C=[N+](C)/C=C\C1=C(C)[PH](O)([PH]2(O)C3=CN(C)C=CC3c3cc[n+](C)cc32)C(C)=C1/C=C\[N+](=C)C. The van der Waals surface area contributed by atoms with Crippen molar-refractivity contribution in [2.45, 2.75) is 19.8 Å². The molecule has 0 saturated carbocycles. The van der Waals surface area contributed by atoms with Gasteiger partial charge in [0.1, 0.15) is 0 Å². The first-order valence-corrected chi connectivity index (χ1v) is 16.2. The van der Waals surface area contributed by atoms with Crippen LogP contribution in [-0.4, -0.2) is 58.4 Å². The van der Waals surface area contributed by atoms with Crippen molar-refractivity contribution in [3.05, 3.63) is 94.1 Å². The molecule has 0 bridgehead atoms. The van der Waals surface area contributed by atoms with Gasteiger partial charge in [0, 0.05) is 0 Å². The van der Waals surface area contributed by atoms with E-state index in [1.165, 1.54) is 0 Å². The Hall–Kier alpha value is -2.49. The molecule has 0 saturated heterocycles. The summed E-state index contributed by atoms with van der Waals surface area (Å²) in [5.74, 6) is -0.0169. The summed E-state index contributed by atoms with van der Waals surface area (Å²) in [4.78, 5) is 27.7. The molecule has 0 aliphatic carbocycles. The van der Waals surface area contributed by atoms with Crippen LogP contribution in [0.15, 0.2) is 88.6 Å². The molecule has 0 amide bonds. The van der Waals surface area contributed by atoms with Gasteiger partial charge in [-0.05, 0) is 0 Å². The van der Waals surface area contributed by atoms with Crippen LogP contribution in [0.1, 0.15) is 25.3 Å². The Kier molecular flexibility index (Phi) is 6.25. The van der Waals surface area contributed by atoms with Gasteiger partial charge >= 0.3 is 204 Å². The second-order valence-electron chi connectivity index (χ2n) is 9.69. The molecule has 6 nitrogen and oxygen atoms in total. The molecule has 0 fully saturated rings. The molecule has 1 aromatic rings. The van der Waals surface area contributed by atoms with E-state index in [-0.39, 0.29) is 5.92 Å². The zero-order valence-electron chi connectivity index (χ0n) is 20.9. The molecular formula is C26H37N4O2P2+3. The average Bonchev–Trinajstić information content (AvgIpc) is 3.12. The first-order valence-electron chi connectivity index (χ1n) is 11.4. The minimum atomic E-state index is -3.56. The van der Waals surface area contributed by atoms with Crippen molar-refractivity contribution in [2.75, 3.05) is 21.1 Å². The minimum absolute atomic E-state index is 0.0169. The molecule has 180 valence electrons. The van der Waals surface area contributed by atoms with Gasteiger partial charge in [-0.1, -0.05) is 0 Å². The number of aryl methyl sites for hydroxylation is 1. The Morgan fingerprint density at radius 3 is 2.12 bits per heavy atom. The fraction of sp³-hybridized carbons (Fsp3) is 0.269. The Labute approximate surface area is 203 Å². The standard InChI is InChI=1S/C26H37N4O2P2/c1-19-21(9-13-27(3)4)22(10-14-28(5)6)20(2)33(19,31)34(32)25-17-29(7)15-11-23(25)24-12-16-30(8)18-26(24)34/h9-18,23,31-34H,3,5H2,1-2,4,6-8H3/q+3/b13-9-,14-10-. The van der Waals surface area contributed by atoms with Crippen LogP contribution in [0, 0.1) is 0 Å². The Morgan fingerprint density at radius 2 is 1.59 bits per heavy atom. The summed E-state index contributed by atoms with van der Waals surface area (Å²) in [5.41, 5.74) is 3.00. The second-order valence-corrected chi connectivity index (χ2v) is 19.5. The van der Waals surface area contributed by atoms with Crippen LogP contribution < -0.4 is 9.87 Å². The molecule has 4 rings (SSSR count). The molecule has 34 heavy (non-hydrogen) atoms. The number of pyridine rings is 1. The summed E-state index contributed by atoms with van der Waals surface area (Å²) in [6, 6.07) is 2.09. The maximum absolute atomic E-state index is 12.9. The van der Waals surface area contributed by atoms with Gasteiger partial charge in [-0.15, -0.1) is 0 Å². The number of fused-ring (bicyclic) bond motifs is 3. The van der Waals surface area contributed by atoms with Crippen LogP contribution in [0.3, 0.4) is 0 Å². The van der Waals surface area contributed by atoms with Crippen molar-refractivity contribution < 1.29 is 23.5 Å². The van der Waals surface area contributed by atoms with Crippen LogP contribution in [0.25, 0.3) is 0 Å². The van der Waals surface area contributed by atoms with E-state index in [1.54, 1.807) is 9.15 Å². The molecule has 4 heterocycles. The van der Waals surface area contributed by atoms with Crippen LogP contribution >= 0.6 is 14.4 Å². The molecule has 0 aromatic carbocycles. The summed E-state index contributed by atoms with van der Waals surface area (Å²) >= 11 is 0. The number of aromatic nitrogens is 1. The fourth-order valence-electron chi connectivity index (χ4n) is 5.45. The van der Waals surface area contributed by atoms with Crippen molar-refractivity contribution in [1.82, 2.24) is 4.90 Å². The van der Waals surface area contributed by atoms with Crippen molar-refractivity contribution in [3.8, 4) is 0 Å². The van der Waals surface area contributed by atoms with Gasteiger partial charge in [0.15, 0.2) is 0 Å². The Balaban J connectivity index is 2.06. The van der Waals surface area contributed by atoms with Gasteiger partial charge < -0.3 is 0 Å². The van der Waals surface area contributed by atoms with Crippen LogP contribution in [0.2, 0.25) is 0 Å². The number of hydrogen-bond donors (Lipinski definition) is 2. The van der Waals surface area contributed by atoms with Gasteiger partial charge in [-0.2, -0.15) is 0 Å². The third kappa shape index (κ3) is 3.52. The van der Waals surface area contributed by atoms with Crippen molar-refractivity contribution >= 4 is 33.1 Å². The zero-order valence-corrected chi connectivity index (χ0v) is 22.9. The first-order chi connectivity index (χ1) is 15.9. The first kappa shape index (κ1) is 24.6. The van der Waals surface area contributed by atoms with Crippen LogP contribution in [0.5, 0.6) is 0 Å². The topological polar surface area (TPSA) is 53.6 Å². The van der Waals surface area contributed by atoms with E-state index in [1.807, 2.05) is 101 Å². The van der Waals surface area contributed by atoms with Crippen molar-refractivity contribution in [1.29, 1.82) is 0 Å². The van der Waals surface area contributed by atoms with Gasteiger partial charge in [-0.25, -0.2) is 0 Å². The fourth-order valence-corrected chi connectivity index (χ4v) is 19.3. The molecule has 1 aromatic heterocycles. The van der Waals surface area contributed by atoms with Gasteiger partial charge in [0.2, 0.25) is 0 Å². The summed E-state index contributed by atoms with van der Waals surface area (Å²) in [5, 5.41) is 3.65. The summed E-state index contributed by atoms with van der Waals surface area (Å²) in [6.07, 6.45) is 18.0. The van der Waals surface area contributed by atoms with Gasteiger partial charge in [0.05, 0.1) is 0 Å². The normalized spacial score (nSPS) is 24.5. The predicted octanol–water partition coefficient (Wildman–Crippen LogP) is 3.04. The molecule has 1 unspecified atom stereocenters. The van der Waals surface area contributed by atoms with E-state index in [2.05, 4.69) is 25.6 Å². The van der Waals surface area contributed by atoms with Crippen molar-refractivity contribution in [2.24, 2.45) is 7.05 Å². The van der Waals surface area contributed by atoms with E-state index >= 15 is 0 Å². The number of allylic oxidation sites excluding steroid dienone is 8. The molecular weight excluding hydrogens is 462 g/mol. The molecule has 1 atom stereocenters. The monoisotopic (exact) mass is 499 g/mol. The third-order valence-corrected chi connectivity index (χ3v) is 20.5. The van der Waals surface area contributed by atoms with E-state index in [4.69, 9.17) is 0 Å². The van der Waals surface area contributed by atoms with E-state index < -0.39 is 14.4 Å². The quantitative estimate of drug-likeness (QED) is 0.372. The average molecular weight is 500 g/mol. The molecule has 0 radical (unpaired) electrons. The van der Waals surface area contributed by atoms with E-state index in [0.717, 1.165) is 38.0 Å². The molecule has 0 spiro atoms. The summed E-state index contributed by atoms with van der Waals surface area (Å²) < 4.78 is 5.45. The zero-order chi connectivity index (χ0) is 25.0. The number of hydrogen-bond acceptors (Lipinski definition) is 3.